The lowest BCUT2D eigenvalue weighted by Crippen LogP contribution is -2.45. The summed E-state index contributed by atoms with van der Waals surface area (Å²) in [5.41, 5.74) is 4.50. The lowest BCUT2D eigenvalue weighted by atomic mass is 9.87. The van der Waals surface area contributed by atoms with Crippen LogP contribution in [0.15, 0.2) is 18.2 Å². The number of fused-ring (bicyclic) bond motifs is 1. The summed E-state index contributed by atoms with van der Waals surface area (Å²) in [6, 6.07) is 4.06. The molecular formula is C22H31NO3. The summed E-state index contributed by atoms with van der Waals surface area (Å²) in [5, 5.41) is 0. The van der Waals surface area contributed by atoms with Crippen LogP contribution in [0, 0.1) is 6.92 Å². The zero-order valence-electron chi connectivity index (χ0n) is 17.1. The molecule has 26 heavy (non-hydrogen) atoms. The third-order valence-corrected chi connectivity index (χ3v) is 4.68. The highest BCUT2D eigenvalue weighted by Gasteiger charge is 2.31. The summed E-state index contributed by atoms with van der Waals surface area (Å²) < 4.78 is 5.41. The molecule has 0 saturated carbocycles. The van der Waals surface area contributed by atoms with Gasteiger partial charge in [0.15, 0.2) is 0 Å². The summed E-state index contributed by atoms with van der Waals surface area (Å²) in [5.74, 6) is -0.160. The SMILES string of the molecule is CC1=CC(C)(C)N(CCCC(=O)OC(C)(C)C)c2cc(C)c(C=O)cc21. The van der Waals surface area contributed by atoms with E-state index in [1.54, 1.807) is 0 Å². The topological polar surface area (TPSA) is 46.6 Å². The Morgan fingerprint density at radius 2 is 1.88 bits per heavy atom. The minimum atomic E-state index is -0.448. The molecule has 0 bridgehead atoms. The number of allylic oxidation sites excluding steroid dienone is 1. The van der Waals surface area contributed by atoms with Gasteiger partial charge in [-0.1, -0.05) is 6.08 Å². The molecule has 0 spiro atoms. The lowest BCUT2D eigenvalue weighted by molar-refractivity contribution is -0.154. The number of rotatable bonds is 5. The van der Waals surface area contributed by atoms with Gasteiger partial charge < -0.3 is 9.64 Å². The summed E-state index contributed by atoms with van der Waals surface area (Å²) in [6.07, 6.45) is 4.26. The van der Waals surface area contributed by atoms with E-state index in [-0.39, 0.29) is 11.5 Å². The number of aldehydes is 1. The van der Waals surface area contributed by atoms with E-state index in [0.29, 0.717) is 6.42 Å². The van der Waals surface area contributed by atoms with Crippen LogP contribution in [0.3, 0.4) is 0 Å². The second-order valence-corrected chi connectivity index (χ2v) is 8.67. The van der Waals surface area contributed by atoms with Crippen molar-refractivity contribution in [2.75, 3.05) is 11.4 Å². The van der Waals surface area contributed by atoms with Crippen LogP contribution in [0.2, 0.25) is 0 Å². The monoisotopic (exact) mass is 357 g/mol. The maximum absolute atomic E-state index is 12.0. The molecule has 1 aromatic rings. The summed E-state index contributed by atoms with van der Waals surface area (Å²) in [7, 11) is 0. The molecular weight excluding hydrogens is 326 g/mol. The molecule has 1 aliphatic heterocycles. The maximum Gasteiger partial charge on any atom is 0.306 e. The zero-order valence-corrected chi connectivity index (χ0v) is 17.1. The van der Waals surface area contributed by atoms with Crippen molar-refractivity contribution >= 4 is 23.5 Å². The highest BCUT2D eigenvalue weighted by atomic mass is 16.6. The molecule has 1 aliphatic rings. The van der Waals surface area contributed by atoms with E-state index in [2.05, 4.69) is 37.8 Å². The largest absolute Gasteiger partial charge is 0.460 e. The first kappa shape index (κ1) is 20.2. The molecule has 142 valence electrons. The van der Waals surface area contributed by atoms with E-state index in [9.17, 15) is 9.59 Å². The van der Waals surface area contributed by atoms with E-state index in [4.69, 9.17) is 4.74 Å². The maximum atomic E-state index is 12.0. The van der Waals surface area contributed by atoms with Crippen molar-refractivity contribution in [3.63, 3.8) is 0 Å². The molecule has 1 heterocycles. The van der Waals surface area contributed by atoms with E-state index in [1.807, 2.05) is 33.8 Å². The Morgan fingerprint density at radius 3 is 2.46 bits per heavy atom. The van der Waals surface area contributed by atoms with E-state index < -0.39 is 5.60 Å². The molecule has 4 heteroatoms. The molecule has 0 fully saturated rings. The predicted octanol–water partition coefficient (Wildman–Crippen LogP) is 4.93. The number of nitrogens with zero attached hydrogens (tertiary/aromatic N) is 1. The zero-order chi connectivity index (χ0) is 19.7. The lowest BCUT2D eigenvalue weighted by Gasteiger charge is -2.43. The molecule has 0 atom stereocenters. The Kier molecular flexibility index (Phi) is 5.64. The highest BCUT2D eigenvalue weighted by molar-refractivity contribution is 5.87. The fraction of sp³-hybridized carbons (Fsp3) is 0.545. The van der Waals surface area contributed by atoms with Crippen LogP contribution < -0.4 is 4.90 Å². The number of carbonyl (C=O) groups is 2. The Labute approximate surface area is 157 Å². The number of carbonyl (C=O) groups excluding carboxylic acids is 2. The van der Waals surface area contributed by atoms with Crippen LogP contribution in [0.25, 0.3) is 5.57 Å². The molecule has 0 aromatic heterocycles. The van der Waals surface area contributed by atoms with Crippen LogP contribution >= 0.6 is 0 Å². The molecule has 0 unspecified atom stereocenters. The van der Waals surface area contributed by atoms with E-state index in [0.717, 1.165) is 41.6 Å². The van der Waals surface area contributed by atoms with Gasteiger partial charge in [0.05, 0.1) is 5.54 Å². The summed E-state index contributed by atoms with van der Waals surface area (Å²) in [6.45, 7) is 14.8. The fourth-order valence-electron chi connectivity index (χ4n) is 3.55. The molecule has 0 aliphatic carbocycles. The van der Waals surface area contributed by atoms with Crippen molar-refractivity contribution in [2.24, 2.45) is 0 Å². The molecule has 2 rings (SSSR count). The highest BCUT2D eigenvalue weighted by Crippen LogP contribution is 2.40. The van der Waals surface area contributed by atoms with Crippen molar-refractivity contribution in [2.45, 2.75) is 72.4 Å². The Balaban J connectivity index is 2.22. The Morgan fingerprint density at radius 1 is 1.23 bits per heavy atom. The van der Waals surface area contributed by atoms with Gasteiger partial charge in [-0.2, -0.15) is 0 Å². The van der Waals surface area contributed by atoms with Gasteiger partial charge in [-0.25, -0.2) is 0 Å². The number of ether oxygens (including phenoxy) is 1. The van der Waals surface area contributed by atoms with Gasteiger partial charge in [-0.15, -0.1) is 0 Å². The molecule has 4 nitrogen and oxygen atoms in total. The number of aryl methyl sites for hydroxylation is 1. The smallest absolute Gasteiger partial charge is 0.306 e. The van der Waals surface area contributed by atoms with Crippen LogP contribution in [0.4, 0.5) is 5.69 Å². The van der Waals surface area contributed by atoms with Crippen molar-refractivity contribution < 1.29 is 14.3 Å². The fourth-order valence-corrected chi connectivity index (χ4v) is 3.55. The van der Waals surface area contributed by atoms with Gasteiger partial charge in [-0.05, 0) is 78.2 Å². The standard InChI is InChI=1S/C22H31NO3/c1-15-11-19-18(12-17(15)14-24)16(2)13-22(6,7)23(19)10-8-9-20(25)26-21(3,4)5/h11-14H,8-10H2,1-7H3. The Bertz CT molecular complexity index is 738. The third kappa shape index (κ3) is 4.54. The van der Waals surface area contributed by atoms with Crippen molar-refractivity contribution in [3.8, 4) is 0 Å². The number of anilines is 1. The first-order valence-corrected chi connectivity index (χ1v) is 9.24. The summed E-state index contributed by atoms with van der Waals surface area (Å²) >= 11 is 0. The number of esters is 1. The minimum Gasteiger partial charge on any atom is -0.460 e. The summed E-state index contributed by atoms with van der Waals surface area (Å²) in [4.78, 5) is 25.6. The first-order valence-electron chi connectivity index (χ1n) is 9.24. The average Bonchev–Trinajstić information content (AvgIpc) is 2.47. The molecule has 1 aromatic carbocycles. The van der Waals surface area contributed by atoms with Crippen LogP contribution in [-0.4, -0.2) is 29.9 Å². The van der Waals surface area contributed by atoms with Gasteiger partial charge in [0.25, 0.3) is 0 Å². The second-order valence-electron chi connectivity index (χ2n) is 8.67. The van der Waals surface area contributed by atoms with E-state index >= 15 is 0 Å². The van der Waals surface area contributed by atoms with Crippen molar-refractivity contribution in [1.29, 1.82) is 0 Å². The molecule has 0 radical (unpaired) electrons. The molecule has 0 amide bonds. The van der Waals surface area contributed by atoms with Crippen molar-refractivity contribution in [3.05, 3.63) is 34.9 Å². The Hall–Kier alpha value is -2.10. The van der Waals surface area contributed by atoms with Gasteiger partial charge in [0.1, 0.15) is 11.9 Å². The average molecular weight is 357 g/mol. The quantitative estimate of drug-likeness (QED) is 0.554. The predicted molar refractivity (Wildman–Crippen MR) is 107 cm³/mol. The van der Waals surface area contributed by atoms with Crippen molar-refractivity contribution in [1.82, 2.24) is 0 Å². The van der Waals surface area contributed by atoms with Gasteiger partial charge in [0, 0.05) is 29.8 Å². The van der Waals surface area contributed by atoms with Gasteiger partial charge in [-0.3, -0.25) is 9.59 Å². The van der Waals surface area contributed by atoms with Crippen LogP contribution in [0.5, 0.6) is 0 Å². The van der Waals surface area contributed by atoms with Gasteiger partial charge >= 0.3 is 5.97 Å². The number of hydrogen-bond donors (Lipinski definition) is 0. The minimum absolute atomic E-state index is 0.153. The van der Waals surface area contributed by atoms with E-state index in [1.165, 1.54) is 5.57 Å². The van der Waals surface area contributed by atoms with Gasteiger partial charge in [0.2, 0.25) is 0 Å². The molecule has 0 N–H and O–H groups in total. The normalized spacial score (nSPS) is 16.0. The van der Waals surface area contributed by atoms with Crippen LogP contribution in [0.1, 0.15) is 75.9 Å². The number of benzene rings is 1. The third-order valence-electron chi connectivity index (χ3n) is 4.68. The second kappa shape index (κ2) is 7.26. The number of hydrogen-bond acceptors (Lipinski definition) is 4. The van der Waals surface area contributed by atoms with Crippen LogP contribution in [-0.2, 0) is 9.53 Å². The first-order chi connectivity index (χ1) is 11.9. The molecule has 0 saturated heterocycles.